The summed E-state index contributed by atoms with van der Waals surface area (Å²) in [4.78, 5) is 119. The number of Topliss-reactive ketones (excluding diaryl/α,β-unsaturated/α-hetero) is 5. The monoisotopic (exact) mass is 1860 g/mol. The van der Waals surface area contributed by atoms with E-state index in [0.717, 1.165) is 220 Å². The molecule has 8 aliphatic heterocycles. The van der Waals surface area contributed by atoms with Gasteiger partial charge in [-0.1, -0.05) is 69.2 Å². The Morgan fingerprint density at radius 1 is 0.346 bits per heavy atom. The molecule has 8 fully saturated rings. The van der Waals surface area contributed by atoms with E-state index in [-0.39, 0.29) is 83.2 Å². The molecule has 130 heavy (non-hydrogen) atoms. The first-order valence-corrected chi connectivity index (χ1v) is 51.7. The lowest BCUT2D eigenvalue weighted by Crippen LogP contribution is -2.46. The summed E-state index contributed by atoms with van der Waals surface area (Å²) in [6.45, 7) is 81.8. The van der Waals surface area contributed by atoms with Gasteiger partial charge >= 0.3 is 12.4 Å². The lowest BCUT2D eigenvalue weighted by molar-refractivity contribution is -0.145. The summed E-state index contributed by atoms with van der Waals surface area (Å²) in [5.41, 5.74) is -0.0503. The second-order valence-electron chi connectivity index (χ2n) is 44.5. The van der Waals surface area contributed by atoms with Crippen LogP contribution in [0.3, 0.4) is 0 Å². The molecule has 0 spiro atoms. The van der Waals surface area contributed by atoms with Gasteiger partial charge in [0.1, 0.15) is 28.9 Å². The SMILES string of the molecule is CC(C)CC(=O)C1(C)CCN(C(C)C)CC1.CC(C)CC(=O)C1CCN(C(C)C)CC1.CC(C)CN(C)C(=O)C1CCN(C(C)C)CC1.CC(C)N1CCC(C(=O)CCC(F)(F)F)CC1.CC(C)N1CCC(C(=O)CCCC(F)(F)F)CC1.CC(C)N1CCC(C(=O)N(C)C(C)C)CC1.CC(C)NC(=O)C1CCN(C(C)C)C1.CCC1(C(=O)CC(C)C)CCN(C(C)C)CC1. The van der Waals surface area contributed by atoms with E-state index in [1.165, 1.54) is 0 Å². The van der Waals surface area contributed by atoms with Crippen molar-refractivity contribution in [1.29, 1.82) is 0 Å². The molecular weight excluding hydrogens is 1660 g/mol. The van der Waals surface area contributed by atoms with Crippen molar-refractivity contribution in [3.63, 3.8) is 0 Å². The Kier molecular flexibility index (Phi) is 59.2. The molecule has 1 atom stereocenters. The lowest BCUT2D eigenvalue weighted by atomic mass is 9.71. The molecule has 3 amide bonds. The van der Waals surface area contributed by atoms with Crippen molar-refractivity contribution < 1.29 is 64.7 Å². The Morgan fingerprint density at radius 2 is 0.638 bits per heavy atom. The van der Waals surface area contributed by atoms with E-state index < -0.39 is 25.2 Å². The molecule has 0 bridgehead atoms. The number of halogens is 6. The van der Waals surface area contributed by atoms with Gasteiger partial charge in [-0.25, -0.2) is 0 Å². The van der Waals surface area contributed by atoms with Crippen LogP contribution < -0.4 is 5.32 Å². The Hall–Kier alpha value is -3.98. The van der Waals surface area contributed by atoms with E-state index in [4.69, 9.17) is 0 Å². The van der Waals surface area contributed by atoms with Crippen LogP contribution in [0.5, 0.6) is 0 Å². The largest absolute Gasteiger partial charge is 0.389 e. The highest BCUT2D eigenvalue weighted by Crippen LogP contribution is 2.40. The normalized spacial score (nSPS) is 20.4. The highest BCUT2D eigenvalue weighted by atomic mass is 19.4. The maximum atomic E-state index is 12.4. The molecule has 8 aliphatic rings. The molecule has 764 valence electrons. The van der Waals surface area contributed by atoms with Gasteiger partial charge in [-0.15, -0.1) is 0 Å². The Balaban J connectivity index is 0.000000744. The van der Waals surface area contributed by atoms with Gasteiger partial charge in [-0.2, -0.15) is 26.3 Å². The maximum absolute atomic E-state index is 12.4. The average molecular weight is 1860 g/mol. The first-order chi connectivity index (χ1) is 60.2. The quantitative estimate of drug-likeness (QED) is 0.0628. The minimum absolute atomic E-state index is 0.00431. The van der Waals surface area contributed by atoms with Gasteiger partial charge in [0.15, 0.2) is 0 Å². The van der Waals surface area contributed by atoms with E-state index in [9.17, 15) is 64.7 Å². The topological polar surface area (TPSA) is 181 Å². The van der Waals surface area contributed by atoms with Crippen molar-refractivity contribution in [3.8, 4) is 0 Å². The predicted octanol–water partition coefficient (Wildman–Crippen LogP) is 21.2. The van der Waals surface area contributed by atoms with Crippen molar-refractivity contribution in [2.75, 3.05) is 125 Å². The number of hydrogen-bond donors (Lipinski definition) is 1. The number of carbonyl (C=O) groups excluding carboxylic acids is 8. The Bertz CT molecular complexity index is 3120. The van der Waals surface area contributed by atoms with Crippen molar-refractivity contribution in [2.24, 2.45) is 70.0 Å². The summed E-state index contributed by atoms with van der Waals surface area (Å²) in [7, 11) is 3.86. The predicted molar refractivity (Wildman–Crippen MR) is 527 cm³/mol. The smallest absolute Gasteiger partial charge is 0.354 e. The van der Waals surface area contributed by atoms with Crippen molar-refractivity contribution >= 4 is 46.6 Å². The number of likely N-dealkylation sites (tertiary alicyclic amines) is 8. The number of hydrogen-bond acceptors (Lipinski definition) is 16. The van der Waals surface area contributed by atoms with Crippen LogP contribution in [0.15, 0.2) is 0 Å². The van der Waals surface area contributed by atoms with Gasteiger partial charge in [0.05, 0.1) is 12.3 Å². The van der Waals surface area contributed by atoms with Crippen molar-refractivity contribution in [3.05, 3.63) is 0 Å². The zero-order valence-electron chi connectivity index (χ0n) is 89.0. The van der Waals surface area contributed by atoms with Crippen LogP contribution in [-0.2, 0) is 38.4 Å². The third-order valence-electron chi connectivity index (χ3n) is 28.6. The Morgan fingerprint density at radius 3 is 0.938 bits per heavy atom. The summed E-state index contributed by atoms with van der Waals surface area (Å²) in [5, 5.41) is 2.98. The van der Waals surface area contributed by atoms with Gasteiger partial charge in [0.2, 0.25) is 17.7 Å². The van der Waals surface area contributed by atoms with E-state index >= 15 is 0 Å². The number of amides is 3. The molecule has 0 aliphatic carbocycles. The molecule has 0 saturated carbocycles. The van der Waals surface area contributed by atoms with Crippen LogP contribution in [0.25, 0.3) is 0 Å². The summed E-state index contributed by atoms with van der Waals surface area (Å²) >= 11 is 0. The second-order valence-corrected chi connectivity index (χ2v) is 44.5. The van der Waals surface area contributed by atoms with Crippen molar-refractivity contribution in [2.45, 2.75) is 435 Å². The molecule has 8 heterocycles. The summed E-state index contributed by atoms with van der Waals surface area (Å²) in [6, 6.07) is 5.14. The minimum Gasteiger partial charge on any atom is -0.354 e. The zero-order valence-corrected chi connectivity index (χ0v) is 89.0. The van der Waals surface area contributed by atoms with E-state index in [2.05, 4.69) is 238 Å². The fourth-order valence-corrected chi connectivity index (χ4v) is 18.9. The molecule has 8 rings (SSSR count). The third kappa shape index (κ3) is 49.3. The summed E-state index contributed by atoms with van der Waals surface area (Å²) < 4.78 is 71.9. The van der Waals surface area contributed by atoms with Crippen LogP contribution in [0.2, 0.25) is 0 Å². The van der Waals surface area contributed by atoms with Crippen LogP contribution in [0, 0.1) is 70.0 Å². The minimum atomic E-state index is -4.21. The highest BCUT2D eigenvalue weighted by molar-refractivity contribution is 5.86. The number of piperidine rings is 7. The molecule has 1 N–H and O–H groups in total. The second kappa shape index (κ2) is 62.1. The molecule has 19 nitrogen and oxygen atoms in total. The first-order valence-electron chi connectivity index (χ1n) is 51.7. The standard InChI is InChI=1S/C15H29NO.C14H28N2O.C14H27NO.C13H22F3NO.C13H26N2O.C13H25NO.C12H20F3NO.C11H22N2O/c1-6-15(14(17)11-12(2)3)7-9-16(10-8-15)13(4)5;1-11(2)10-15(5)14(17)13-6-8-16(9-7-13)12(3)4;1-11(2)10-13(16)14(5)6-8-15(9-7-14)12(3)4;1-10(2)17-8-5-11(6-9-17)12(18)4-3-7-13(14,15)16;1-10(2)14(5)13(16)12-6-8-15(9-7-12)11(3)4;1-10(2)9-13(15)12-5-7-14(8-6-12)11(3)4;1-9(2)16-7-4-10(5-8-16)11(17)3-6-12(13,14)15;1-8(2)12-11(14)10-5-6-13(7-10)9(3)4/h12-13H,6-11H2,1-5H3;11-13H,6-10H2,1-5H3;11-12H,6-10H2,1-5H3;10-11H,3-9H2,1-2H3;10-12H,6-9H2,1-5H3;10-12H,5-9H2,1-4H3;9-10H,3-8H2,1-2H3;8-10H,5-7H2,1-4H3,(H,12,14). The van der Waals surface area contributed by atoms with Gasteiger partial charge < -0.3 is 54.3 Å². The molecule has 0 radical (unpaired) electrons. The number of nitrogens with one attached hydrogen (secondary N) is 1. The first kappa shape index (κ1) is 124. The van der Waals surface area contributed by atoms with Gasteiger partial charge in [0, 0.05) is 167 Å². The number of carbonyl (C=O) groups is 8. The molecule has 8 saturated heterocycles. The molecule has 1 unspecified atom stereocenters. The van der Waals surface area contributed by atoms with Crippen LogP contribution in [0.1, 0.15) is 362 Å². The highest BCUT2D eigenvalue weighted by Gasteiger charge is 2.42. The molecule has 0 aromatic heterocycles. The number of rotatable bonds is 32. The molecular formula is C105H199F6N11O8. The Labute approximate surface area is 791 Å². The van der Waals surface area contributed by atoms with E-state index in [1.807, 2.05) is 37.7 Å². The fraction of sp³-hybridized carbons (Fsp3) is 0.924. The third-order valence-corrected chi connectivity index (χ3v) is 28.6. The maximum Gasteiger partial charge on any atom is 0.389 e. The average Bonchev–Trinajstić information content (AvgIpc) is 0.826. The molecule has 0 aromatic rings. The van der Waals surface area contributed by atoms with Crippen LogP contribution >= 0.6 is 0 Å². The van der Waals surface area contributed by atoms with Crippen LogP contribution in [0.4, 0.5) is 26.3 Å². The zero-order chi connectivity index (χ0) is 99.6. The summed E-state index contributed by atoms with van der Waals surface area (Å²) in [5.74, 6) is 5.13. The van der Waals surface area contributed by atoms with E-state index in [1.54, 1.807) is 0 Å². The number of alkyl halides is 6. The van der Waals surface area contributed by atoms with Gasteiger partial charge in [0.25, 0.3) is 0 Å². The fourth-order valence-electron chi connectivity index (χ4n) is 18.9. The summed E-state index contributed by atoms with van der Waals surface area (Å²) in [6.07, 6.45) is 7.24. The van der Waals surface area contributed by atoms with E-state index in [0.29, 0.717) is 126 Å². The van der Waals surface area contributed by atoms with Gasteiger partial charge in [-0.3, -0.25) is 38.4 Å². The van der Waals surface area contributed by atoms with Crippen LogP contribution in [-0.4, -0.2) is 294 Å². The molecule has 0 aromatic carbocycles. The molecule has 25 heteroatoms. The van der Waals surface area contributed by atoms with Crippen molar-refractivity contribution in [1.82, 2.24) is 54.3 Å². The number of ketones is 5. The lowest BCUT2D eigenvalue weighted by Gasteiger charge is -2.42. The number of nitrogens with zero attached hydrogens (tertiary/aromatic N) is 10. The van der Waals surface area contributed by atoms with Gasteiger partial charge in [-0.05, 0) is 369 Å².